The van der Waals surface area contributed by atoms with Gasteiger partial charge in [0, 0.05) is 61.3 Å². The lowest BCUT2D eigenvalue weighted by molar-refractivity contribution is -0.378. The van der Waals surface area contributed by atoms with Crippen molar-refractivity contribution in [1.82, 2.24) is 19.9 Å². The minimum absolute atomic E-state index is 0.156. The first-order chi connectivity index (χ1) is 22.2. The summed E-state index contributed by atoms with van der Waals surface area (Å²) in [6, 6.07) is 25.0. The summed E-state index contributed by atoms with van der Waals surface area (Å²) in [5, 5.41) is 0. The average Bonchev–Trinajstić information content (AvgIpc) is 3.09. The van der Waals surface area contributed by atoms with Crippen molar-refractivity contribution >= 4 is 5.71 Å². The number of aromatic amines is 1. The molecule has 2 aliphatic rings. The van der Waals surface area contributed by atoms with Gasteiger partial charge in [0.1, 0.15) is 5.82 Å². The second-order valence-corrected chi connectivity index (χ2v) is 11.2. The molecule has 0 fully saturated rings. The van der Waals surface area contributed by atoms with Crippen LogP contribution in [0.2, 0.25) is 0 Å². The molecule has 220 valence electrons. The minimum Gasteiger partial charge on any atom is -0.364 e. The van der Waals surface area contributed by atoms with E-state index in [1.54, 1.807) is 24.5 Å². The second-order valence-electron chi connectivity index (χ2n) is 11.2. The van der Waals surface area contributed by atoms with E-state index in [0.29, 0.717) is 19.5 Å². The molecule has 5 aromatic rings. The van der Waals surface area contributed by atoms with Gasteiger partial charge < -0.3 is 4.90 Å². The van der Waals surface area contributed by atoms with Gasteiger partial charge in [-0.15, -0.1) is 0 Å². The van der Waals surface area contributed by atoms with Crippen molar-refractivity contribution < 1.29 is 9.37 Å². The average molecular weight is 592 g/mol. The first-order valence-electron chi connectivity index (χ1n) is 15.1. The molecule has 0 spiro atoms. The quantitative estimate of drug-likeness (QED) is 0.200. The van der Waals surface area contributed by atoms with Crippen LogP contribution in [0.4, 0.5) is 4.39 Å². The molecule has 0 unspecified atom stereocenters. The van der Waals surface area contributed by atoms with E-state index in [1.807, 2.05) is 73.3 Å². The van der Waals surface area contributed by atoms with E-state index in [1.165, 1.54) is 0 Å². The Kier molecular flexibility index (Phi) is 8.14. The fourth-order valence-corrected chi connectivity index (χ4v) is 6.18. The van der Waals surface area contributed by atoms with E-state index < -0.39 is 0 Å². The van der Waals surface area contributed by atoms with Gasteiger partial charge in [-0.25, -0.2) is 9.37 Å². The number of benzene rings is 1. The number of pyridine rings is 4. The highest BCUT2D eigenvalue weighted by atomic mass is 19.1. The van der Waals surface area contributed by atoms with Crippen molar-refractivity contribution in [2.24, 2.45) is 4.99 Å². The third-order valence-corrected chi connectivity index (χ3v) is 8.21. The Morgan fingerprint density at radius 1 is 0.867 bits per heavy atom. The Morgan fingerprint density at radius 3 is 2.53 bits per heavy atom. The summed E-state index contributed by atoms with van der Waals surface area (Å²) < 4.78 is 14.9. The molecule has 0 saturated heterocycles. The molecule has 7 rings (SSSR count). The third-order valence-electron chi connectivity index (χ3n) is 8.21. The number of aliphatic imine (C=N–C) groups is 1. The molecule has 0 saturated carbocycles. The minimum atomic E-state index is -0.266. The predicted molar refractivity (Wildman–Crippen MR) is 172 cm³/mol. The molecule has 45 heavy (non-hydrogen) atoms. The molecule has 1 aliphatic carbocycles. The highest BCUT2D eigenvalue weighted by molar-refractivity contribution is 6.07. The first kappa shape index (κ1) is 28.2. The van der Waals surface area contributed by atoms with Crippen LogP contribution < -0.4 is 4.98 Å². The zero-order valence-electron chi connectivity index (χ0n) is 24.7. The highest BCUT2D eigenvalue weighted by Crippen LogP contribution is 2.49. The molecular weight excluding hydrogens is 559 g/mol. The number of hydrogen-bond donors (Lipinski definition) is 0. The van der Waals surface area contributed by atoms with Crippen molar-refractivity contribution in [2.75, 3.05) is 0 Å². The van der Waals surface area contributed by atoms with Gasteiger partial charge in [-0.05, 0) is 88.5 Å². The lowest BCUT2D eigenvalue weighted by atomic mass is 9.74. The van der Waals surface area contributed by atoms with Gasteiger partial charge in [0.05, 0.1) is 29.9 Å². The standard InChI is InChI=1S/C38H31FN6/c39-31-12-14-34(30(19-31)20-32-9-1-3-17-42-32)38-37(36-10-2-4-18-43-36)35-21-33(44-24-27-7-5-15-40-22-27)13-11-29(35)26-45(38)25-28-8-6-16-41-23-28/h1-19,21-23,26,37-38H,20,24-25H2/p+1/t37-,38-/m0/s1. The lowest BCUT2D eigenvalue weighted by Crippen LogP contribution is -2.35. The van der Waals surface area contributed by atoms with Crippen molar-refractivity contribution in [2.45, 2.75) is 31.5 Å². The maximum Gasteiger partial charge on any atom is 0.172 e. The van der Waals surface area contributed by atoms with E-state index in [2.05, 4.69) is 62.5 Å². The molecule has 1 N–H and O–H groups in total. The van der Waals surface area contributed by atoms with E-state index in [9.17, 15) is 4.39 Å². The molecule has 2 atom stereocenters. The number of halogens is 1. The summed E-state index contributed by atoms with van der Waals surface area (Å²) in [6.45, 7) is 1.19. The van der Waals surface area contributed by atoms with E-state index >= 15 is 0 Å². The van der Waals surface area contributed by atoms with Crippen LogP contribution >= 0.6 is 0 Å². The van der Waals surface area contributed by atoms with Crippen LogP contribution in [0.1, 0.15) is 45.6 Å². The summed E-state index contributed by atoms with van der Waals surface area (Å²) in [5.41, 5.74) is 9.09. The molecule has 6 nitrogen and oxygen atoms in total. The van der Waals surface area contributed by atoms with Crippen LogP contribution in [0.25, 0.3) is 0 Å². The zero-order chi connectivity index (χ0) is 30.4. The van der Waals surface area contributed by atoms with Gasteiger partial charge in [0.15, 0.2) is 12.4 Å². The van der Waals surface area contributed by atoms with Crippen LogP contribution in [0.15, 0.2) is 157 Å². The Labute approximate surface area is 262 Å². The van der Waals surface area contributed by atoms with E-state index in [-0.39, 0.29) is 17.8 Å². The molecule has 0 amide bonds. The van der Waals surface area contributed by atoms with Gasteiger partial charge >= 0.3 is 0 Å². The summed E-state index contributed by atoms with van der Waals surface area (Å²) in [6.07, 6.45) is 20.3. The summed E-state index contributed by atoms with van der Waals surface area (Å²) in [5.74, 6) is -0.423. The summed E-state index contributed by atoms with van der Waals surface area (Å²) >= 11 is 0. The van der Waals surface area contributed by atoms with Crippen LogP contribution in [-0.2, 0) is 19.5 Å². The number of hydrogen-bond acceptors (Lipinski definition) is 5. The smallest absolute Gasteiger partial charge is 0.172 e. The maximum atomic E-state index is 14.9. The van der Waals surface area contributed by atoms with Crippen LogP contribution in [-0.4, -0.2) is 25.6 Å². The fourth-order valence-electron chi connectivity index (χ4n) is 6.18. The number of nitrogens with zero attached hydrogens (tertiary/aromatic N) is 5. The van der Waals surface area contributed by atoms with Crippen molar-refractivity contribution in [3.8, 4) is 0 Å². The zero-order valence-corrected chi connectivity index (χ0v) is 24.7. The second kappa shape index (κ2) is 13.0. The number of allylic oxidation sites excluding steroid dienone is 4. The van der Waals surface area contributed by atoms with Crippen molar-refractivity contribution in [3.05, 3.63) is 191 Å². The molecule has 5 heterocycles. The number of nitrogens with one attached hydrogen (secondary N) is 1. The molecule has 4 aromatic heterocycles. The van der Waals surface area contributed by atoms with E-state index in [0.717, 1.165) is 50.5 Å². The van der Waals surface area contributed by atoms with Crippen molar-refractivity contribution in [3.63, 3.8) is 0 Å². The maximum absolute atomic E-state index is 14.9. The Bertz CT molecular complexity index is 1890. The van der Waals surface area contributed by atoms with Crippen molar-refractivity contribution in [1.29, 1.82) is 0 Å². The summed E-state index contributed by atoms with van der Waals surface area (Å²) in [4.78, 5) is 24.3. The van der Waals surface area contributed by atoms with E-state index in [4.69, 9.17) is 9.98 Å². The molecule has 1 aliphatic heterocycles. The van der Waals surface area contributed by atoms with Gasteiger partial charge in [-0.2, -0.15) is 0 Å². The van der Waals surface area contributed by atoms with Crippen LogP contribution in [0, 0.1) is 5.82 Å². The third kappa shape index (κ3) is 6.38. The highest BCUT2D eigenvalue weighted by Gasteiger charge is 2.39. The largest absolute Gasteiger partial charge is 0.364 e. The Hall–Kier alpha value is -5.56. The van der Waals surface area contributed by atoms with Gasteiger partial charge in [-0.3, -0.25) is 19.9 Å². The normalized spacial score (nSPS) is 18.3. The predicted octanol–water partition coefficient (Wildman–Crippen LogP) is 6.78. The van der Waals surface area contributed by atoms with Crippen LogP contribution in [0.3, 0.4) is 0 Å². The molecule has 0 radical (unpaired) electrons. The lowest BCUT2D eigenvalue weighted by Gasteiger charge is -2.43. The fraction of sp³-hybridized carbons (Fsp3) is 0.132. The molecule has 7 heteroatoms. The first-order valence-corrected chi connectivity index (χ1v) is 15.1. The van der Waals surface area contributed by atoms with Crippen LogP contribution in [0.5, 0.6) is 0 Å². The number of rotatable bonds is 8. The van der Waals surface area contributed by atoms with Gasteiger partial charge in [0.2, 0.25) is 0 Å². The molecule has 1 aromatic carbocycles. The topological polar surface area (TPSA) is 68.4 Å². The number of H-pyrrole nitrogens is 1. The SMILES string of the molecule is Fc1ccc([C@H]2[C@H](c3ccccn3)C3=CC(=NCc4ccc[nH+]c4)C=CC3=CN2Cc2cccnc2)c(Cc2ccccn2)c1. The van der Waals surface area contributed by atoms with Gasteiger partial charge in [-0.1, -0.05) is 30.3 Å². The Morgan fingerprint density at radius 2 is 1.76 bits per heavy atom. The molecule has 0 bridgehead atoms. The summed E-state index contributed by atoms with van der Waals surface area (Å²) in [7, 11) is 0. The number of fused-ring (bicyclic) bond motifs is 1. The number of aromatic nitrogens is 4. The van der Waals surface area contributed by atoms with Gasteiger partial charge in [0.25, 0.3) is 0 Å². The molecular formula is C38H32FN6+. The monoisotopic (exact) mass is 591 g/mol. The Balaban J connectivity index is 1.39.